The van der Waals surface area contributed by atoms with E-state index in [0.717, 1.165) is 75.3 Å². The lowest BCUT2D eigenvalue weighted by Gasteiger charge is -2.28. The van der Waals surface area contributed by atoms with Crippen LogP contribution < -0.4 is 10.6 Å². The molecule has 2 aliphatic carbocycles. The van der Waals surface area contributed by atoms with Crippen molar-refractivity contribution in [2.45, 2.75) is 84.2 Å². The van der Waals surface area contributed by atoms with Crippen LogP contribution in [0.1, 0.15) is 78.3 Å². The maximum Gasteiger partial charge on any atom is 0.407 e. The Bertz CT molecular complexity index is 2240. The van der Waals surface area contributed by atoms with Crippen LogP contribution in [0, 0.1) is 18.8 Å². The van der Waals surface area contributed by atoms with Crippen molar-refractivity contribution in [1.82, 2.24) is 34.7 Å². The molecule has 256 valence electrons. The average molecular weight is 672 g/mol. The second kappa shape index (κ2) is 11.2. The second-order valence-electron chi connectivity index (χ2n) is 15.5. The number of hydrogen-bond acceptors (Lipinski definition) is 6. The third-order valence-electron chi connectivity index (χ3n) is 10.9. The Labute approximate surface area is 290 Å². The van der Waals surface area contributed by atoms with Crippen molar-refractivity contribution in [3.8, 4) is 22.6 Å². The Balaban J connectivity index is 1.03. The number of carbonyl (C=O) groups excluding carboxylic acids is 3. The Hall–Kier alpha value is -5.19. The molecule has 0 spiro atoms. The molecular weight excluding hydrogens is 630 g/mol. The van der Waals surface area contributed by atoms with Crippen molar-refractivity contribution in [3.05, 3.63) is 77.0 Å². The lowest BCUT2D eigenvalue weighted by molar-refractivity contribution is 0.0485. The maximum atomic E-state index is 13.9. The molecule has 3 amide bonds. The third kappa shape index (κ3) is 5.21. The molecule has 1 saturated heterocycles. The van der Waals surface area contributed by atoms with Gasteiger partial charge in [-0.25, -0.2) is 14.3 Å². The number of fused-ring (bicyclic) bond motifs is 5. The Morgan fingerprint density at radius 2 is 1.88 bits per heavy atom. The first-order valence-electron chi connectivity index (χ1n) is 17.7. The summed E-state index contributed by atoms with van der Waals surface area (Å²) in [6.45, 7) is 9.66. The van der Waals surface area contributed by atoms with E-state index in [1.54, 1.807) is 0 Å². The van der Waals surface area contributed by atoms with E-state index in [2.05, 4.69) is 40.3 Å². The van der Waals surface area contributed by atoms with Crippen molar-refractivity contribution >= 4 is 34.5 Å². The number of alkyl carbamates (subject to hydrolysis) is 1. The summed E-state index contributed by atoms with van der Waals surface area (Å²) in [5.41, 5.74) is 8.38. The lowest BCUT2D eigenvalue weighted by atomic mass is 10.0. The van der Waals surface area contributed by atoms with Crippen molar-refractivity contribution in [2.24, 2.45) is 11.8 Å². The standard InChI is InChI=1S/C39H41N7O4/c1-21-30-13-10-26(37(48)45-19-25-9-14-31(45)34(25)42-38(49)50-39(2,3)4)20-46(30)43-33(21)32-16-24-8-12-29(41-35(24)44(32)18-22-5-6-22)23-7-11-28-27(15-23)17-40-36(28)47/h7-8,10-13,15-16,20,22,25,31,34H,5-6,9,14,17-19H2,1-4H3,(H,40,47)(H,42,49)/t25?,31?,34-/m1/s1. The molecule has 2 saturated carbocycles. The van der Waals surface area contributed by atoms with Crippen LogP contribution >= 0.6 is 0 Å². The first-order chi connectivity index (χ1) is 24.0. The number of nitrogens with one attached hydrogen (secondary N) is 2. The van der Waals surface area contributed by atoms with Gasteiger partial charge in [0.05, 0.1) is 34.6 Å². The molecule has 5 aromatic rings. The smallest absolute Gasteiger partial charge is 0.407 e. The summed E-state index contributed by atoms with van der Waals surface area (Å²) in [6, 6.07) is 16.0. The molecule has 2 N–H and O–H groups in total. The molecule has 1 aromatic carbocycles. The maximum absolute atomic E-state index is 13.9. The van der Waals surface area contributed by atoms with Crippen LogP contribution in [-0.2, 0) is 17.8 Å². The Morgan fingerprint density at radius 1 is 1.04 bits per heavy atom. The fourth-order valence-corrected chi connectivity index (χ4v) is 8.22. The van der Waals surface area contributed by atoms with E-state index in [4.69, 9.17) is 14.8 Å². The lowest BCUT2D eigenvalue weighted by Crippen LogP contribution is -2.46. The molecule has 0 radical (unpaired) electrons. The van der Waals surface area contributed by atoms with Crippen molar-refractivity contribution in [1.29, 1.82) is 0 Å². The van der Waals surface area contributed by atoms with E-state index in [-0.39, 0.29) is 29.8 Å². The number of ether oxygens (including phenoxy) is 1. The van der Waals surface area contributed by atoms with E-state index in [1.165, 1.54) is 12.8 Å². The molecule has 11 heteroatoms. The molecule has 2 bridgehead atoms. The minimum atomic E-state index is -0.580. The molecule has 2 unspecified atom stereocenters. The van der Waals surface area contributed by atoms with E-state index in [1.807, 2.05) is 66.7 Å². The topological polar surface area (TPSA) is 123 Å². The quantitative estimate of drug-likeness (QED) is 0.225. The molecule has 4 aromatic heterocycles. The number of hydrogen-bond donors (Lipinski definition) is 2. The zero-order valence-electron chi connectivity index (χ0n) is 28.8. The van der Waals surface area contributed by atoms with Gasteiger partial charge in [-0.15, -0.1) is 0 Å². The highest BCUT2D eigenvalue weighted by atomic mass is 16.6. The third-order valence-corrected chi connectivity index (χ3v) is 10.9. The van der Waals surface area contributed by atoms with Gasteiger partial charge in [-0.1, -0.05) is 6.07 Å². The van der Waals surface area contributed by atoms with Crippen LogP contribution in [0.4, 0.5) is 4.79 Å². The number of nitrogens with zero attached hydrogens (tertiary/aromatic N) is 5. The van der Waals surface area contributed by atoms with Crippen molar-refractivity contribution < 1.29 is 19.1 Å². The van der Waals surface area contributed by atoms with E-state index < -0.39 is 11.7 Å². The van der Waals surface area contributed by atoms with Gasteiger partial charge in [0, 0.05) is 47.9 Å². The molecule has 3 atom stereocenters. The minimum absolute atomic E-state index is 0.0264. The fraction of sp³-hybridized carbons (Fsp3) is 0.410. The zero-order valence-corrected chi connectivity index (χ0v) is 28.8. The molecule has 6 heterocycles. The number of aromatic nitrogens is 4. The first kappa shape index (κ1) is 30.8. The van der Waals surface area contributed by atoms with Gasteiger partial charge in [-0.05, 0) is 113 Å². The molecule has 4 aliphatic rings. The van der Waals surface area contributed by atoms with Gasteiger partial charge in [0.25, 0.3) is 11.8 Å². The van der Waals surface area contributed by atoms with E-state index in [0.29, 0.717) is 24.6 Å². The van der Waals surface area contributed by atoms with Crippen LogP contribution in [0.15, 0.2) is 54.7 Å². The summed E-state index contributed by atoms with van der Waals surface area (Å²) in [5, 5.41) is 12.1. The van der Waals surface area contributed by atoms with Crippen LogP contribution in [0.2, 0.25) is 0 Å². The molecular formula is C39H41N7O4. The number of carbonyl (C=O) groups is 3. The summed E-state index contributed by atoms with van der Waals surface area (Å²) in [7, 11) is 0. The number of aryl methyl sites for hydroxylation is 1. The number of likely N-dealkylation sites (tertiary alicyclic amines) is 1. The summed E-state index contributed by atoms with van der Waals surface area (Å²) < 4.78 is 9.66. The normalized spacial score (nSPS) is 21.2. The van der Waals surface area contributed by atoms with Crippen molar-refractivity contribution in [3.63, 3.8) is 0 Å². The highest BCUT2D eigenvalue weighted by Crippen LogP contribution is 2.40. The van der Waals surface area contributed by atoms with Crippen LogP contribution in [0.3, 0.4) is 0 Å². The van der Waals surface area contributed by atoms with Gasteiger partial charge in [-0.2, -0.15) is 5.10 Å². The second-order valence-corrected chi connectivity index (χ2v) is 15.5. The predicted molar refractivity (Wildman–Crippen MR) is 189 cm³/mol. The van der Waals surface area contributed by atoms with Gasteiger partial charge >= 0.3 is 6.09 Å². The minimum Gasteiger partial charge on any atom is -0.444 e. The zero-order chi connectivity index (χ0) is 34.5. The summed E-state index contributed by atoms with van der Waals surface area (Å²) >= 11 is 0. The number of amides is 3. The summed E-state index contributed by atoms with van der Waals surface area (Å²) in [4.78, 5) is 45.7. The van der Waals surface area contributed by atoms with Gasteiger partial charge < -0.3 is 24.8 Å². The number of piperidine rings is 1. The summed E-state index contributed by atoms with van der Waals surface area (Å²) in [5.74, 6) is 0.751. The monoisotopic (exact) mass is 671 g/mol. The fourth-order valence-electron chi connectivity index (χ4n) is 8.22. The van der Waals surface area contributed by atoms with E-state index >= 15 is 0 Å². The first-order valence-corrected chi connectivity index (χ1v) is 17.7. The molecule has 50 heavy (non-hydrogen) atoms. The molecule has 2 aliphatic heterocycles. The van der Waals surface area contributed by atoms with Gasteiger partial charge in [0.15, 0.2) is 0 Å². The van der Waals surface area contributed by atoms with Crippen LogP contribution in [0.25, 0.3) is 39.2 Å². The molecule has 3 fully saturated rings. The Kier molecular flexibility index (Phi) is 6.88. The Morgan fingerprint density at radius 3 is 2.68 bits per heavy atom. The van der Waals surface area contributed by atoms with Gasteiger partial charge in [0.1, 0.15) is 16.9 Å². The van der Waals surface area contributed by atoms with Gasteiger partial charge in [0.2, 0.25) is 0 Å². The van der Waals surface area contributed by atoms with Gasteiger partial charge in [-0.3, -0.25) is 9.59 Å². The highest BCUT2D eigenvalue weighted by molar-refractivity contribution is 5.99. The largest absolute Gasteiger partial charge is 0.444 e. The predicted octanol–water partition coefficient (Wildman–Crippen LogP) is 6.11. The molecule has 9 rings (SSSR count). The summed E-state index contributed by atoms with van der Waals surface area (Å²) in [6.07, 6.45) is 5.65. The number of benzene rings is 1. The number of rotatable bonds is 6. The SMILES string of the molecule is Cc1c(-c2cc3ccc(-c4ccc5c(c4)CNC5=O)nc3n2CC2CC2)nn2cc(C(=O)N3CC4CCC3[C@@H]4NC(=O)OC(C)(C)C)ccc12. The molecule has 11 nitrogen and oxygen atoms in total. The highest BCUT2D eigenvalue weighted by Gasteiger charge is 2.50. The van der Waals surface area contributed by atoms with Crippen molar-refractivity contribution in [2.75, 3.05) is 6.54 Å². The van der Waals surface area contributed by atoms with E-state index in [9.17, 15) is 14.4 Å². The average Bonchev–Trinajstić information content (AvgIpc) is 3.31. The van der Waals surface area contributed by atoms with Crippen LogP contribution in [-0.4, -0.2) is 66.2 Å². The number of pyridine rings is 2. The van der Waals surface area contributed by atoms with Crippen LogP contribution in [0.5, 0.6) is 0 Å².